The molecule has 0 atom stereocenters. The van der Waals surface area contributed by atoms with Crippen molar-refractivity contribution in [1.29, 1.82) is 0 Å². The Morgan fingerprint density at radius 2 is 2.18 bits per heavy atom. The Labute approximate surface area is 134 Å². The average Bonchev–Trinajstić information content (AvgIpc) is 2.81. The highest BCUT2D eigenvalue weighted by Gasteiger charge is 2.35. The second-order valence-corrected chi connectivity index (χ2v) is 6.76. The molecule has 0 saturated heterocycles. The van der Waals surface area contributed by atoms with Crippen molar-refractivity contribution in [1.82, 2.24) is 10.2 Å². The van der Waals surface area contributed by atoms with Crippen molar-refractivity contribution >= 4 is 23.2 Å². The Kier molecular flexibility index (Phi) is 5.42. The zero-order valence-corrected chi connectivity index (χ0v) is 13.9. The van der Waals surface area contributed by atoms with E-state index in [0.29, 0.717) is 17.2 Å². The quantitative estimate of drug-likeness (QED) is 0.798. The largest absolute Gasteiger partial charge is 0.495 e. The zero-order chi connectivity index (χ0) is 16.3. The lowest BCUT2D eigenvalue weighted by atomic mass is 9.85. The van der Waals surface area contributed by atoms with Gasteiger partial charge in [0.1, 0.15) is 10.6 Å². The molecule has 1 fully saturated rings. The minimum Gasteiger partial charge on any atom is -0.495 e. The maximum Gasteiger partial charge on any atom is 0.317 e. The first-order chi connectivity index (χ1) is 10.4. The number of carboxylic acid groups (broad SMARTS) is 1. The van der Waals surface area contributed by atoms with E-state index in [-0.39, 0.29) is 24.5 Å². The van der Waals surface area contributed by atoms with E-state index in [4.69, 9.17) is 9.84 Å². The van der Waals surface area contributed by atoms with Crippen LogP contribution in [0.2, 0.25) is 0 Å². The molecule has 7 heteroatoms. The third-order valence-electron chi connectivity index (χ3n) is 3.96. The Morgan fingerprint density at radius 3 is 2.73 bits per heavy atom. The van der Waals surface area contributed by atoms with Gasteiger partial charge in [-0.3, -0.25) is 14.5 Å². The van der Waals surface area contributed by atoms with Crippen LogP contribution < -0.4 is 10.1 Å². The molecule has 0 bridgehead atoms. The standard InChI is InChI=1S/C15H22N2O4S/c1-4-17(8-13(18)19)11-6-10(7-11)16-15(20)14-12(21-3)5-9(2)22-14/h5,10-11H,4,6-8H2,1-3H3,(H,16,20)(H,18,19). The van der Waals surface area contributed by atoms with Crippen molar-refractivity contribution in [2.45, 2.75) is 38.8 Å². The molecule has 1 amide bonds. The molecular formula is C15H22N2O4S. The number of nitrogens with zero attached hydrogens (tertiary/aromatic N) is 1. The van der Waals surface area contributed by atoms with E-state index in [1.165, 1.54) is 11.3 Å². The van der Waals surface area contributed by atoms with Gasteiger partial charge in [-0.05, 0) is 32.4 Å². The fourth-order valence-corrected chi connectivity index (χ4v) is 3.61. The van der Waals surface area contributed by atoms with Crippen molar-refractivity contribution in [3.63, 3.8) is 0 Å². The second-order valence-electron chi connectivity index (χ2n) is 5.51. The topological polar surface area (TPSA) is 78.9 Å². The van der Waals surface area contributed by atoms with Gasteiger partial charge in [0.2, 0.25) is 0 Å². The van der Waals surface area contributed by atoms with E-state index in [0.717, 1.165) is 17.7 Å². The minimum absolute atomic E-state index is 0.0553. The van der Waals surface area contributed by atoms with Crippen LogP contribution in [0, 0.1) is 6.92 Å². The number of methoxy groups -OCH3 is 1. The molecule has 1 aromatic heterocycles. The molecule has 2 N–H and O–H groups in total. The van der Waals surface area contributed by atoms with Gasteiger partial charge >= 0.3 is 5.97 Å². The summed E-state index contributed by atoms with van der Waals surface area (Å²) in [5.74, 6) is -0.315. The number of carbonyl (C=O) groups excluding carboxylic acids is 1. The summed E-state index contributed by atoms with van der Waals surface area (Å²) >= 11 is 1.42. The third-order valence-corrected chi connectivity index (χ3v) is 4.99. The van der Waals surface area contributed by atoms with E-state index < -0.39 is 5.97 Å². The van der Waals surface area contributed by atoms with Gasteiger partial charge in [-0.1, -0.05) is 6.92 Å². The molecule has 1 saturated carbocycles. The van der Waals surface area contributed by atoms with Crippen molar-refractivity contribution in [3.8, 4) is 5.75 Å². The summed E-state index contributed by atoms with van der Waals surface area (Å²) in [4.78, 5) is 26.6. The van der Waals surface area contributed by atoms with Crippen LogP contribution in [0.5, 0.6) is 5.75 Å². The first-order valence-electron chi connectivity index (χ1n) is 7.35. The Balaban J connectivity index is 1.86. The number of likely N-dealkylation sites (N-methyl/N-ethyl adjacent to an activating group) is 1. The minimum atomic E-state index is -0.812. The van der Waals surface area contributed by atoms with E-state index in [2.05, 4.69) is 5.32 Å². The Bertz CT molecular complexity index is 552. The highest BCUT2D eigenvalue weighted by atomic mass is 32.1. The number of ether oxygens (including phenoxy) is 1. The van der Waals surface area contributed by atoms with Crippen LogP contribution >= 0.6 is 11.3 Å². The average molecular weight is 326 g/mol. The molecule has 0 aromatic carbocycles. The predicted octanol–water partition coefficient (Wildman–Crippen LogP) is 1.73. The van der Waals surface area contributed by atoms with Crippen LogP contribution in [0.1, 0.15) is 34.3 Å². The lowest BCUT2D eigenvalue weighted by Gasteiger charge is -2.42. The number of carbonyl (C=O) groups is 2. The molecule has 0 aliphatic heterocycles. The monoisotopic (exact) mass is 326 g/mol. The van der Waals surface area contributed by atoms with E-state index in [1.807, 2.05) is 24.8 Å². The van der Waals surface area contributed by atoms with Crippen molar-refractivity contribution < 1.29 is 19.4 Å². The van der Waals surface area contributed by atoms with Gasteiger partial charge in [0.05, 0.1) is 13.7 Å². The molecule has 0 spiro atoms. The number of aryl methyl sites for hydroxylation is 1. The van der Waals surface area contributed by atoms with Gasteiger partial charge < -0.3 is 15.2 Å². The molecule has 1 aliphatic rings. The molecule has 0 radical (unpaired) electrons. The van der Waals surface area contributed by atoms with E-state index in [9.17, 15) is 9.59 Å². The number of nitrogens with one attached hydrogen (secondary N) is 1. The van der Waals surface area contributed by atoms with Gasteiger partial charge in [0.25, 0.3) is 5.91 Å². The molecule has 22 heavy (non-hydrogen) atoms. The third kappa shape index (κ3) is 3.78. The number of rotatable bonds is 7. The first-order valence-corrected chi connectivity index (χ1v) is 8.17. The molecule has 0 unspecified atom stereocenters. The summed E-state index contributed by atoms with van der Waals surface area (Å²) in [5, 5.41) is 11.9. The highest BCUT2D eigenvalue weighted by molar-refractivity contribution is 7.14. The Morgan fingerprint density at radius 1 is 1.50 bits per heavy atom. The van der Waals surface area contributed by atoms with Crippen LogP contribution in [0.15, 0.2) is 6.07 Å². The van der Waals surface area contributed by atoms with Gasteiger partial charge in [-0.2, -0.15) is 0 Å². The van der Waals surface area contributed by atoms with Gasteiger partial charge in [-0.15, -0.1) is 11.3 Å². The highest BCUT2D eigenvalue weighted by Crippen LogP contribution is 2.30. The number of carboxylic acids is 1. The Hall–Kier alpha value is -1.60. The number of aliphatic carboxylic acids is 1. The van der Waals surface area contributed by atoms with Gasteiger partial charge in [0.15, 0.2) is 0 Å². The summed E-state index contributed by atoms with van der Waals surface area (Å²) in [5.41, 5.74) is 0. The number of hydrogen-bond donors (Lipinski definition) is 2. The maximum atomic E-state index is 12.3. The fourth-order valence-electron chi connectivity index (χ4n) is 2.73. The lowest BCUT2D eigenvalue weighted by molar-refractivity contribution is -0.139. The molecule has 6 nitrogen and oxygen atoms in total. The van der Waals surface area contributed by atoms with Crippen LogP contribution in [-0.4, -0.2) is 54.2 Å². The summed E-state index contributed by atoms with van der Waals surface area (Å²) in [6, 6.07) is 2.19. The summed E-state index contributed by atoms with van der Waals surface area (Å²) in [7, 11) is 1.56. The fraction of sp³-hybridized carbons (Fsp3) is 0.600. The molecular weight excluding hydrogens is 304 g/mol. The van der Waals surface area contributed by atoms with E-state index >= 15 is 0 Å². The second kappa shape index (κ2) is 7.11. The molecule has 1 heterocycles. The van der Waals surface area contributed by atoms with Crippen LogP contribution in [0.3, 0.4) is 0 Å². The summed E-state index contributed by atoms with van der Waals surface area (Å²) in [6.07, 6.45) is 1.58. The van der Waals surface area contributed by atoms with Crippen LogP contribution in [0.25, 0.3) is 0 Å². The van der Waals surface area contributed by atoms with Crippen LogP contribution in [-0.2, 0) is 4.79 Å². The number of hydrogen-bond acceptors (Lipinski definition) is 5. The van der Waals surface area contributed by atoms with Crippen molar-refractivity contribution in [2.24, 2.45) is 0 Å². The predicted molar refractivity (Wildman–Crippen MR) is 84.8 cm³/mol. The summed E-state index contributed by atoms with van der Waals surface area (Å²) < 4.78 is 5.22. The lowest BCUT2D eigenvalue weighted by Crippen LogP contribution is -2.54. The SMILES string of the molecule is CCN(CC(=O)O)C1CC(NC(=O)c2sc(C)cc2OC)C1. The van der Waals surface area contributed by atoms with E-state index in [1.54, 1.807) is 7.11 Å². The van der Waals surface area contributed by atoms with Crippen molar-refractivity contribution in [2.75, 3.05) is 20.2 Å². The molecule has 1 aromatic rings. The number of thiophene rings is 1. The van der Waals surface area contributed by atoms with Gasteiger partial charge in [-0.25, -0.2) is 0 Å². The molecule has 122 valence electrons. The first kappa shape index (κ1) is 16.8. The smallest absolute Gasteiger partial charge is 0.317 e. The van der Waals surface area contributed by atoms with Crippen LogP contribution in [0.4, 0.5) is 0 Å². The molecule has 1 aliphatic carbocycles. The number of amides is 1. The summed E-state index contributed by atoms with van der Waals surface area (Å²) in [6.45, 7) is 4.65. The zero-order valence-electron chi connectivity index (χ0n) is 13.1. The van der Waals surface area contributed by atoms with Crippen molar-refractivity contribution in [3.05, 3.63) is 15.8 Å². The van der Waals surface area contributed by atoms with Gasteiger partial charge in [0, 0.05) is 17.0 Å². The normalized spacial score (nSPS) is 20.5. The maximum absolute atomic E-state index is 12.3. The molecule has 2 rings (SSSR count).